The van der Waals surface area contributed by atoms with Crippen molar-refractivity contribution in [1.29, 1.82) is 0 Å². The normalized spacial score (nSPS) is 11.5. The average molecular weight is 484 g/mol. The number of hydrogen-bond donors (Lipinski definition) is 0. The van der Waals surface area contributed by atoms with Gasteiger partial charge in [0.1, 0.15) is 10.1 Å². The second kappa shape index (κ2) is 8.05. The van der Waals surface area contributed by atoms with E-state index in [2.05, 4.69) is 52.3 Å². The number of fused-ring (bicyclic) bond motifs is 1. The summed E-state index contributed by atoms with van der Waals surface area (Å²) >= 11 is 3.59. The van der Waals surface area contributed by atoms with E-state index in [0.717, 1.165) is 22.1 Å². The Labute approximate surface area is 193 Å². The Kier molecular flexibility index (Phi) is 5.07. The first-order valence-corrected chi connectivity index (χ1v) is 10.9. The molecule has 32 heavy (non-hydrogen) atoms. The second-order valence-corrected chi connectivity index (χ2v) is 8.22. The summed E-state index contributed by atoms with van der Waals surface area (Å²) in [5.74, 6) is 0. The Morgan fingerprint density at radius 3 is 1.66 bits per heavy atom. The molecule has 5 nitrogen and oxygen atoms in total. The molecule has 0 atom stereocenters. The third-order valence-electron chi connectivity index (χ3n) is 5.72. The first kappa shape index (κ1) is 20.2. The molecule has 0 amide bonds. The number of nitrogens with zero attached hydrogens (tertiary/aromatic N) is 3. The Morgan fingerprint density at radius 2 is 1.22 bits per heavy atom. The van der Waals surface area contributed by atoms with Gasteiger partial charge in [0.05, 0.1) is 10.4 Å². The number of hydrogen-bond acceptors (Lipinski definition) is 3. The first-order chi connectivity index (χ1) is 15.6. The molecular formula is C26H18BrN3O2. The summed E-state index contributed by atoms with van der Waals surface area (Å²) in [4.78, 5) is 11.2. The van der Waals surface area contributed by atoms with Gasteiger partial charge in [0.2, 0.25) is 0 Å². The lowest BCUT2D eigenvalue weighted by Crippen LogP contribution is -2.38. The molecule has 0 saturated heterocycles. The highest BCUT2D eigenvalue weighted by Crippen LogP contribution is 2.43. The van der Waals surface area contributed by atoms with E-state index in [0.29, 0.717) is 10.1 Å². The SMILES string of the molecule is O=[N+]([O-])c1ccc2c(Br)nn(C(c3ccccc3)(c3ccccc3)c3ccccc3)c2c1. The van der Waals surface area contributed by atoms with E-state index >= 15 is 0 Å². The molecule has 5 rings (SSSR count). The van der Waals surface area contributed by atoms with Crippen molar-refractivity contribution in [2.75, 3.05) is 0 Å². The number of nitro benzene ring substituents is 1. The maximum absolute atomic E-state index is 11.6. The summed E-state index contributed by atoms with van der Waals surface area (Å²) in [7, 11) is 0. The lowest BCUT2D eigenvalue weighted by atomic mass is 9.77. The molecule has 4 aromatic carbocycles. The lowest BCUT2D eigenvalue weighted by Gasteiger charge is -2.37. The molecule has 0 aliphatic carbocycles. The van der Waals surface area contributed by atoms with Crippen LogP contribution in [0.15, 0.2) is 114 Å². The van der Waals surface area contributed by atoms with E-state index in [4.69, 9.17) is 5.10 Å². The van der Waals surface area contributed by atoms with Gasteiger partial charge in [-0.2, -0.15) is 5.10 Å². The Hall–Kier alpha value is -3.77. The zero-order chi connectivity index (χ0) is 22.1. The van der Waals surface area contributed by atoms with Gasteiger partial charge in [-0.05, 0) is 38.7 Å². The van der Waals surface area contributed by atoms with Gasteiger partial charge in [-0.1, -0.05) is 91.0 Å². The van der Waals surface area contributed by atoms with Gasteiger partial charge in [0.15, 0.2) is 0 Å². The molecule has 0 spiro atoms. The molecule has 0 fully saturated rings. The minimum Gasteiger partial charge on any atom is -0.258 e. The van der Waals surface area contributed by atoms with E-state index in [1.807, 2.05) is 59.3 Å². The summed E-state index contributed by atoms with van der Waals surface area (Å²) in [5.41, 5.74) is 2.85. The van der Waals surface area contributed by atoms with Crippen molar-refractivity contribution in [3.63, 3.8) is 0 Å². The standard InChI is InChI=1S/C26H18BrN3O2/c27-25-23-17-16-22(30(31)32)18-24(23)29(28-25)26(19-10-4-1-5-11-19,20-12-6-2-7-13-20)21-14-8-3-9-15-21/h1-18H. The third-order valence-corrected chi connectivity index (χ3v) is 6.31. The van der Waals surface area contributed by atoms with E-state index in [-0.39, 0.29) is 10.6 Å². The van der Waals surface area contributed by atoms with E-state index in [1.54, 1.807) is 12.1 Å². The second-order valence-electron chi connectivity index (χ2n) is 7.47. The quantitative estimate of drug-likeness (QED) is 0.162. The fourth-order valence-corrected chi connectivity index (χ4v) is 4.83. The minimum absolute atomic E-state index is 0.0224. The maximum atomic E-state index is 11.6. The maximum Gasteiger partial charge on any atom is 0.271 e. The highest BCUT2D eigenvalue weighted by Gasteiger charge is 2.41. The fraction of sp³-hybridized carbons (Fsp3) is 0.0385. The van der Waals surface area contributed by atoms with Gasteiger partial charge in [-0.3, -0.25) is 10.1 Å². The number of rotatable bonds is 5. The number of non-ortho nitro benzene ring substituents is 1. The highest BCUT2D eigenvalue weighted by atomic mass is 79.9. The summed E-state index contributed by atoms with van der Waals surface area (Å²) < 4.78 is 2.54. The van der Waals surface area contributed by atoms with Gasteiger partial charge < -0.3 is 0 Å². The molecule has 0 aliphatic rings. The van der Waals surface area contributed by atoms with Gasteiger partial charge in [0, 0.05) is 17.5 Å². The van der Waals surface area contributed by atoms with Crippen LogP contribution in [0.25, 0.3) is 10.9 Å². The van der Waals surface area contributed by atoms with Gasteiger partial charge >= 0.3 is 0 Å². The monoisotopic (exact) mass is 483 g/mol. The summed E-state index contributed by atoms with van der Waals surface area (Å²) in [6.45, 7) is 0. The van der Waals surface area contributed by atoms with Crippen molar-refractivity contribution in [2.45, 2.75) is 5.54 Å². The van der Waals surface area contributed by atoms with Crippen LogP contribution in [-0.4, -0.2) is 14.7 Å². The van der Waals surface area contributed by atoms with E-state index in [9.17, 15) is 10.1 Å². The molecular weight excluding hydrogens is 466 g/mol. The Morgan fingerprint density at radius 1 is 0.750 bits per heavy atom. The van der Waals surface area contributed by atoms with Crippen LogP contribution in [0.4, 0.5) is 5.69 Å². The largest absolute Gasteiger partial charge is 0.271 e. The summed E-state index contributed by atoms with van der Waals surface area (Å²) in [6, 6.07) is 35.2. The molecule has 0 saturated carbocycles. The first-order valence-electron chi connectivity index (χ1n) is 10.1. The predicted molar refractivity (Wildman–Crippen MR) is 129 cm³/mol. The van der Waals surface area contributed by atoms with Crippen molar-refractivity contribution >= 4 is 32.5 Å². The number of benzene rings is 4. The average Bonchev–Trinajstić information content (AvgIpc) is 3.18. The van der Waals surface area contributed by atoms with Gasteiger partial charge in [0.25, 0.3) is 5.69 Å². The van der Waals surface area contributed by atoms with Crippen LogP contribution in [0.1, 0.15) is 16.7 Å². The Bertz CT molecular complexity index is 1300. The number of aromatic nitrogens is 2. The van der Waals surface area contributed by atoms with E-state index in [1.165, 1.54) is 6.07 Å². The molecule has 5 aromatic rings. The molecule has 0 N–H and O–H groups in total. The Balaban J connectivity index is 1.98. The zero-order valence-electron chi connectivity index (χ0n) is 16.9. The van der Waals surface area contributed by atoms with Crippen LogP contribution in [0.2, 0.25) is 0 Å². The van der Waals surface area contributed by atoms with Gasteiger partial charge in [-0.15, -0.1) is 0 Å². The minimum atomic E-state index is -0.844. The van der Waals surface area contributed by atoms with Crippen LogP contribution in [-0.2, 0) is 5.54 Å². The topological polar surface area (TPSA) is 61.0 Å². The van der Waals surface area contributed by atoms with Gasteiger partial charge in [-0.25, -0.2) is 4.68 Å². The number of nitro groups is 1. The van der Waals surface area contributed by atoms with Crippen molar-refractivity contribution in [2.24, 2.45) is 0 Å². The third kappa shape index (κ3) is 3.11. The molecule has 156 valence electrons. The van der Waals surface area contributed by atoms with Crippen molar-refractivity contribution < 1.29 is 4.92 Å². The highest BCUT2D eigenvalue weighted by molar-refractivity contribution is 9.10. The summed E-state index contributed by atoms with van der Waals surface area (Å²) in [6.07, 6.45) is 0. The molecule has 6 heteroatoms. The molecule has 0 unspecified atom stereocenters. The smallest absolute Gasteiger partial charge is 0.258 e. The van der Waals surface area contributed by atoms with Crippen molar-refractivity contribution in [3.8, 4) is 0 Å². The van der Waals surface area contributed by atoms with Crippen molar-refractivity contribution in [3.05, 3.63) is 141 Å². The summed E-state index contributed by atoms with van der Waals surface area (Å²) in [5, 5.41) is 17.3. The van der Waals surface area contributed by atoms with Crippen LogP contribution >= 0.6 is 15.9 Å². The van der Waals surface area contributed by atoms with E-state index < -0.39 is 5.54 Å². The van der Waals surface area contributed by atoms with Crippen LogP contribution in [0.3, 0.4) is 0 Å². The molecule has 0 radical (unpaired) electrons. The molecule has 0 bridgehead atoms. The van der Waals surface area contributed by atoms with Crippen LogP contribution in [0, 0.1) is 10.1 Å². The lowest BCUT2D eigenvalue weighted by molar-refractivity contribution is -0.384. The fourth-order valence-electron chi connectivity index (χ4n) is 4.34. The molecule has 1 aromatic heterocycles. The zero-order valence-corrected chi connectivity index (χ0v) is 18.5. The van der Waals surface area contributed by atoms with Crippen LogP contribution < -0.4 is 0 Å². The van der Waals surface area contributed by atoms with Crippen molar-refractivity contribution in [1.82, 2.24) is 9.78 Å². The molecule has 0 aliphatic heterocycles. The number of halogens is 1. The molecule has 1 heterocycles. The van der Waals surface area contributed by atoms with Crippen LogP contribution in [0.5, 0.6) is 0 Å². The predicted octanol–water partition coefficient (Wildman–Crippen LogP) is 6.55.